The summed E-state index contributed by atoms with van der Waals surface area (Å²) in [5.74, 6) is 0.729. The topological polar surface area (TPSA) is 4.44 Å². The fourth-order valence-corrected chi connectivity index (χ4v) is 4.04. The minimum atomic E-state index is 0.729. The second-order valence-electron chi connectivity index (χ2n) is 4.09. The van der Waals surface area contributed by atoms with E-state index in [1.165, 1.54) is 25.0 Å². The Morgan fingerprint density at radius 2 is 2.24 bits per heavy atom. The van der Waals surface area contributed by atoms with Crippen LogP contribution in [0.1, 0.15) is 12.5 Å². The van der Waals surface area contributed by atoms with Gasteiger partial charge in [0.25, 0.3) is 0 Å². The van der Waals surface area contributed by atoms with Crippen LogP contribution in [0.15, 0.2) is 28.1 Å². The van der Waals surface area contributed by atoms with Crippen LogP contribution in [0.4, 0.5) is 0 Å². The number of halogens is 2. The maximum Gasteiger partial charge on any atom is 0.104 e. The van der Waals surface area contributed by atoms with Gasteiger partial charge in [0.15, 0.2) is 0 Å². The van der Waals surface area contributed by atoms with Crippen molar-refractivity contribution in [3.8, 4) is 0 Å². The summed E-state index contributed by atoms with van der Waals surface area (Å²) in [6.45, 7) is 5.42. The van der Waals surface area contributed by atoms with Gasteiger partial charge in [0.1, 0.15) is 6.54 Å². The molecule has 17 heavy (non-hydrogen) atoms. The molecule has 0 aliphatic carbocycles. The van der Waals surface area contributed by atoms with E-state index in [0.29, 0.717) is 0 Å². The van der Waals surface area contributed by atoms with Crippen molar-refractivity contribution in [2.75, 3.05) is 19.0 Å². The van der Waals surface area contributed by atoms with E-state index in [0.717, 1.165) is 25.5 Å². The number of hydrogen-bond acceptors (Lipinski definition) is 1. The van der Waals surface area contributed by atoms with Gasteiger partial charge in [-0.25, -0.2) is 0 Å². The summed E-state index contributed by atoms with van der Waals surface area (Å²) in [5.41, 5.74) is 1.43. The molecule has 0 saturated heterocycles. The average Bonchev–Trinajstić information content (AvgIpc) is 2.73. The average molecular weight is 334 g/mol. The second kappa shape index (κ2) is 6.19. The number of benzene rings is 1. The van der Waals surface area contributed by atoms with E-state index in [1.54, 1.807) is 0 Å². The van der Waals surface area contributed by atoms with Crippen molar-refractivity contribution in [3.05, 3.63) is 33.6 Å². The third kappa shape index (κ3) is 3.02. The van der Waals surface area contributed by atoms with E-state index in [-0.39, 0.29) is 0 Å². The zero-order chi connectivity index (χ0) is 12.3. The molecule has 92 valence electrons. The second-order valence-corrected chi connectivity index (χ2v) is 6.24. The van der Waals surface area contributed by atoms with Crippen LogP contribution in [0.25, 0.3) is 10.1 Å². The highest BCUT2D eigenvalue weighted by atomic mass is 79.9. The molecular weight excluding hydrogens is 318 g/mol. The molecule has 0 saturated carbocycles. The first-order valence-electron chi connectivity index (χ1n) is 5.80. The largest absolute Gasteiger partial charge is 0.330 e. The highest BCUT2D eigenvalue weighted by Crippen LogP contribution is 2.31. The summed E-state index contributed by atoms with van der Waals surface area (Å²) in [6, 6.07) is 6.39. The smallest absolute Gasteiger partial charge is 0.104 e. The lowest BCUT2D eigenvalue weighted by Crippen LogP contribution is -3.10. The Morgan fingerprint density at radius 1 is 1.41 bits per heavy atom. The fraction of sp³-hybridized carbons (Fsp3) is 0.385. The van der Waals surface area contributed by atoms with E-state index in [9.17, 15) is 0 Å². The van der Waals surface area contributed by atoms with E-state index < -0.39 is 0 Å². The van der Waals surface area contributed by atoms with Crippen LogP contribution >= 0.6 is 38.9 Å². The molecule has 1 aromatic heterocycles. The predicted octanol–water partition coefficient (Wildman–Crippen LogP) is 3.31. The third-order valence-electron chi connectivity index (χ3n) is 3.01. The molecule has 0 aliphatic rings. The first-order valence-corrected chi connectivity index (χ1v) is 8.01. The molecule has 0 amide bonds. The molecule has 1 heterocycles. The molecule has 1 N–H and O–H groups in total. The first kappa shape index (κ1) is 13.3. The molecule has 1 aromatic carbocycles. The van der Waals surface area contributed by atoms with Crippen LogP contribution in [-0.2, 0) is 6.54 Å². The molecule has 2 rings (SSSR count). The highest BCUT2D eigenvalue weighted by molar-refractivity contribution is 9.10. The van der Waals surface area contributed by atoms with Gasteiger partial charge in [-0.3, -0.25) is 0 Å². The normalized spacial score (nSPS) is 13.1. The molecule has 0 bridgehead atoms. The maximum absolute atomic E-state index is 5.84. The highest BCUT2D eigenvalue weighted by Gasteiger charge is 2.12. The number of quaternary nitrogens is 1. The fourth-order valence-electron chi connectivity index (χ4n) is 2.03. The summed E-state index contributed by atoms with van der Waals surface area (Å²) in [7, 11) is 0. The molecular formula is C13H16BrClNS+. The number of thiophene rings is 1. The van der Waals surface area contributed by atoms with E-state index in [4.69, 9.17) is 11.6 Å². The minimum Gasteiger partial charge on any atom is -0.330 e. The Balaban J connectivity index is 2.29. The lowest BCUT2D eigenvalue weighted by atomic mass is 10.1. The molecule has 1 atom stereocenters. The molecule has 0 radical (unpaired) electrons. The van der Waals surface area contributed by atoms with Crippen LogP contribution in [0.2, 0.25) is 0 Å². The van der Waals surface area contributed by atoms with Crippen LogP contribution < -0.4 is 4.90 Å². The minimum absolute atomic E-state index is 0.729. The lowest BCUT2D eigenvalue weighted by molar-refractivity contribution is -0.909. The summed E-state index contributed by atoms with van der Waals surface area (Å²) in [6.07, 6.45) is 0. The summed E-state index contributed by atoms with van der Waals surface area (Å²) >= 11 is 11.3. The van der Waals surface area contributed by atoms with Crippen molar-refractivity contribution in [1.29, 1.82) is 0 Å². The molecule has 1 unspecified atom stereocenters. The lowest BCUT2D eigenvalue weighted by Gasteiger charge is -2.15. The van der Waals surface area contributed by atoms with Crippen LogP contribution in [0.3, 0.4) is 0 Å². The Morgan fingerprint density at radius 3 is 2.94 bits per heavy atom. The zero-order valence-corrected chi connectivity index (χ0v) is 13.0. The summed E-state index contributed by atoms with van der Waals surface area (Å²) < 4.78 is 2.56. The van der Waals surface area contributed by atoms with E-state index in [2.05, 4.69) is 46.4 Å². The van der Waals surface area contributed by atoms with Gasteiger partial charge in [0, 0.05) is 25.5 Å². The van der Waals surface area contributed by atoms with Gasteiger partial charge in [-0.1, -0.05) is 22.0 Å². The quantitative estimate of drug-likeness (QED) is 0.801. The number of fused-ring (bicyclic) bond motifs is 1. The molecule has 1 nitrogen and oxygen atoms in total. The molecule has 2 aromatic rings. The van der Waals surface area contributed by atoms with Crippen LogP contribution in [-0.4, -0.2) is 19.0 Å². The summed E-state index contributed by atoms with van der Waals surface area (Å²) in [4.78, 5) is 1.54. The van der Waals surface area contributed by atoms with E-state index >= 15 is 0 Å². The number of alkyl halides is 1. The van der Waals surface area contributed by atoms with E-state index in [1.807, 2.05) is 11.3 Å². The van der Waals surface area contributed by atoms with Crippen molar-refractivity contribution in [3.63, 3.8) is 0 Å². The summed E-state index contributed by atoms with van der Waals surface area (Å²) in [5, 5.41) is 3.65. The first-order chi connectivity index (χ1) is 8.26. The van der Waals surface area contributed by atoms with Gasteiger partial charge >= 0.3 is 0 Å². The van der Waals surface area contributed by atoms with Crippen LogP contribution in [0.5, 0.6) is 0 Å². The van der Waals surface area contributed by atoms with Gasteiger partial charge in [-0.2, -0.15) is 0 Å². The van der Waals surface area contributed by atoms with Crippen molar-refractivity contribution in [1.82, 2.24) is 0 Å². The monoisotopic (exact) mass is 332 g/mol. The zero-order valence-electron chi connectivity index (χ0n) is 9.80. The number of hydrogen-bond donors (Lipinski definition) is 1. The van der Waals surface area contributed by atoms with Gasteiger partial charge < -0.3 is 4.90 Å². The molecule has 0 spiro atoms. The molecule has 0 fully saturated rings. The standard InChI is InChI=1S/C13H15BrClNS/c1-2-16(7-6-15)8-10-9-17-12-5-3-4-11(14)13(10)12/h3-5,9H,2,6-8H2,1H3/p+1. The Hall–Kier alpha value is -0.0900. The Kier molecular flexibility index (Phi) is 4.86. The maximum atomic E-state index is 5.84. The molecule has 0 aliphatic heterocycles. The van der Waals surface area contributed by atoms with Gasteiger partial charge in [0.2, 0.25) is 0 Å². The predicted molar refractivity (Wildman–Crippen MR) is 80.3 cm³/mol. The van der Waals surface area contributed by atoms with Crippen LogP contribution in [0, 0.1) is 0 Å². The van der Waals surface area contributed by atoms with Crippen molar-refractivity contribution >= 4 is 49.0 Å². The third-order valence-corrected chi connectivity index (χ3v) is 4.86. The SMILES string of the molecule is CC[NH+](CCCl)Cc1csc2cccc(Br)c12. The Labute approximate surface area is 120 Å². The van der Waals surface area contributed by atoms with Crippen molar-refractivity contribution in [2.45, 2.75) is 13.5 Å². The Bertz CT molecular complexity index is 497. The number of nitrogens with one attached hydrogen (secondary N) is 1. The van der Waals surface area contributed by atoms with Crippen molar-refractivity contribution < 1.29 is 4.90 Å². The van der Waals surface area contributed by atoms with Gasteiger partial charge in [-0.15, -0.1) is 22.9 Å². The van der Waals surface area contributed by atoms with Crippen molar-refractivity contribution in [2.24, 2.45) is 0 Å². The van der Waals surface area contributed by atoms with Gasteiger partial charge in [-0.05, 0) is 19.1 Å². The molecule has 4 heteroatoms. The number of rotatable bonds is 5. The van der Waals surface area contributed by atoms with Gasteiger partial charge in [0.05, 0.1) is 19.0 Å².